The molecule has 4 rings (SSSR count). The number of nitrogen functional groups attached to an aromatic ring is 1. The van der Waals surface area contributed by atoms with Crippen LogP contribution in [0.15, 0.2) is 12.7 Å². The van der Waals surface area contributed by atoms with E-state index < -0.39 is 24.0 Å². The molecule has 2 aromatic heterocycles. The Labute approximate surface area is 133 Å². The molecule has 2 fully saturated rings. The van der Waals surface area contributed by atoms with Crippen molar-refractivity contribution in [2.75, 3.05) is 5.73 Å². The summed E-state index contributed by atoms with van der Waals surface area (Å²) in [7, 11) is 0. The number of nitrogens with zero attached hydrogens (tertiary/aromatic N) is 4. The molecule has 0 radical (unpaired) electrons. The highest BCUT2D eigenvalue weighted by Gasteiger charge is 2.59. The van der Waals surface area contributed by atoms with Gasteiger partial charge in [-0.15, -0.1) is 0 Å². The zero-order chi connectivity index (χ0) is 16.2. The maximum atomic E-state index is 10.8. The number of rotatable bonds is 2. The molecule has 1 aliphatic carbocycles. The summed E-state index contributed by atoms with van der Waals surface area (Å²) >= 11 is 0. The van der Waals surface area contributed by atoms with Crippen LogP contribution in [-0.4, -0.2) is 48.0 Å². The van der Waals surface area contributed by atoms with Gasteiger partial charge in [0.1, 0.15) is 24.1 Å². The minimum absolute atomic E-state index is 0.0886. The van der Waals surface area contributed by atoms with Crippen molar-refractivity contribution in [3.05, 3.63) is 12.7 Å². The molecule has 0 amide bonds. The maximum Gasteiger partial charge on any atom is 0.179 e. The molecule has 0 unspecified atom stereocenters. The van der Waals surface area contributed by atoms with E-state index in [1.54, 1.807) is 17.8 Å². The Morgan fingerprint density at radius 3 is 2.65 bits per heavy atom. The van der Waals surface area contributed by atoms with Gasteiger partial charge in [-0.1, -0.05) is 12.8 Å². The molecule has 4 N–H and O–H groups in total. The van der Waals surface area contributed by atoms with Crippen LogP contribution in [0.4, 0.5) is 5.82 Å². The van der Waals surface area contributed by atoms with Gasteiger partial charge < -0.3 is 20.7 Å². The van der Waals surface area contributed by atoms with Crippen molar-refractivity contribution in [3.63, 3.8) is 0 Å². The lowest BCUT2D eigenvalue weighted by atomic mass is 9.87. The summed E-state index contributed by atoms with van der Waals surface area (Å²) in [5.41, 5.74) is 5.81. The molecule has 3 heterocycles. The smallest absolute Gasteiger partial charge is 0.179 e. The van der Waals surface area contributed by atoms with Gasteiger partial charge in [-0.25, -0.2) is 15.0 Å². The van der Waals surface area contributed by atoms with E-state index in [2.05, 4.69) is 15.0 Å². The van der Waals surface area contributed by atoms with E-state index >= 15 is 0 Å². The Morgan fingerprint density at radius 1 is 1.26 bits per heavy atom. The molecular weight excluding hydrogens is 298 g/mol. The zero-order valence-corrected chi connectivity index (χ0v) is 13.0. The molecule has 124 valence electrons. The Kier molecular flexibility index (Phi) is 3.29. The van der Waals surface area contributed by atoms with E-state index in [1.807, 2.05) is 0 Å². The summed E-state index contributed by atoms with van der Waals surface area (Å²) < 4.78 is 7.92. The van der Waals surface area contributed by atoms with Gasteiger partial charge in [0, 0.05) is 5.92 Å². The van der Waals surface area contributed by atoms with E-state index in [4.69, 9.17) is 10.5 Å². The predicted octanol–water partition coefficient (Wildman–Crippen LogP) is 0.392. The van der Waals surface area contributed by atoms with Crippen LogP contribution >= 0.6 is 0 Å². The van der Waals surface area contributed by atoms with Gasteiger partial charge in [0.25, 0.3) is 0 Å². The first-order chi connectivity index (χ1) is 11.1. The highest BCUT2D eigenvalue weighted by Crippen LogP contribution is 2.48. The van der Waals surface area contributed by atoms with Crippen LogP contribution in [0.2, 0.25) is 0 Å². The molecule has 0 aromatic carbocycles. The number of aliphatic hydroxyl groups excluding tert-OH is 2. The quantitative estimate of drug-likeness (QED) is 0.732. The van der Waals surface area contributed by atoms with Gasteiger partial charge in [-0.2, -0.15) is 0 Å². The monoisotopic (exact) mass is 319 g/mol. The topological polar surface area (TPSA) is 119 Å². The van der Waals surface area contributed by atoms with Gasteiger partial charge in [-0.05, 0) is 19.8 Å². The van der Waals surface area contributed by atoms with Crippen LogP contribution in [0.5, 0.6) is 0 Å². The van der Waals surface area contributed by atoms with Gasteiger partial charge in [-0.3, -0.25) is 4.57 Å². The van der Waals surface area contributed by atoms with Crippen molar-refractivity contribution >= 4 is 17.0 Å². The Hall–Kier alpha value is -1.77. The average Bonchev–Trinajstić information content (AvgIpc) is 3.25. The van der Waals surface area contributed by atoms with E-state index in [9.17, 15) is 10.2 Å². The molecule has 1 aliphatic heterocycles. The number of nitrogens with two attached hydrogens (primary N) is 1. The molecule has 1 saturated carbocycles. The molecule has 2 aliphatic rings. The fraction of sp³-hybridized carbons (Fsp3) is 0.667. The highest BCUT2D eigenvalue weighted by molar-refractivity contribution is 5.81. The number of ether oxygens (including phenoxy) is 1. The summed E-state index contributed by atoms with van der Waals surface area (Å²) in [6.45, 7) is 1.77. The minimum Gasteiger partial charge on any atom is -0.388 e. The van der Waals surface area contributed by atoms with Crippen LogP contribution in [0.1, 0.15) is 32.6 Å². The van der Waals surface area contributed by atoms with Crippen LogP contribution in [0.3, 0.4) is 0 Å². The number of imidazole rings is 1. The number of aliphatic hydroxyl groups is 2. The molecule has 8 heteroatoms. The largest absolute Gasteiger partial charge is 0.388 e. The van der Waals surface area contributed by atoms with Crippen molar-refractivity contribution in [2.45, 2.75) is 56.6 Å². The molecule has 2 aromatic rings. The Balaban J connectivity index is 1.93. The lowest BCUT2D eigenvalue weighted by molar-refractivity contribution is -0.173. The second kappa shape index (κ2) is 5.12. The van der Waals surface area contributed by atoms with Crippen molar-refractivity contribution in [2.24, 2.45) is 5.92 Å². The molecule has 1 saturated heterocycles. The molecule has 23 heavy (non-hydrogen) atoms. The zero-order valence-electron chi connectivity index (χ0n) is 13.0. The highest BCUT2D eigenvalue weighted by atomic mass is 16.6. The summed E-state index contributed by atoms with van der Waals surface area (Å²) in [4.78, 5) is 12.5. The van der Waals surface area contributed by atoms with E-state index in [1.165, 1.54) is 6.33 Å². The lowest BCUT2D eigenvalue weighted by Crippen LogP contribution is -2.50. The molecule has 8 nitrogen and oxygen atoms in total. The first-order valence-electron chi connectivity index (χ1n) is 8.03. The third kappa shape index (κ3) is 1.92. The van der Waals surface area contributed by atoms with E-state index in [-0.39, 0.29) is 11.7 Å². The number of aromatic nitrogens is 4. The molecule has 4 atom stereocenters. The van der Waals surface area contributed by atoms with Gasteiger partial charge in [0.05, 0.1) is 12.4 Å². The van der Waals surface area contributed by atoms with Gasteiger partial charge in [0.15, 0.2) is 17.2 Å². The fourth-order valence-electron chi connectivity index (χ4n) is 4.12. The number of anilines is 1. The molecule has 0 spiro atoms. The molecule has 0 bridgehead atoms. The van der Waals surface area contributed by atoms with Crippen molar-refractivity contribution in [1.29, 1.82) is 0 Å². The predicted molar refractivity (Wildman–Crippen MR) is 82.2 cm³/mol. The van der Waals surface area contributed by atoms with E-state index in [0.29, 0.717) is 11.2 Å². The second-order valence-corrected chi connectivity index (χ2v) is 6.54. The van der Waals surface area contributed by atoms with Crippen LogP contribution in [-0.2, 0) is 10.5 Å². The van der Waals surface area contributed by atoms with Gasteiger partial charge in [0.2, 0.25) is 0 Å². The maximum absolute atomic E-state index is 10.8. The summed E-state index contributed by atoms with van der Waals surface area (Å²) in [5, 5.41) is 21.2. The first kappa shape index (κ1) is 14.8. The van der Waals surface area contributed by atoms with Crippen LogP contribution in [0, 0.1) is 5.92 Å². The second-order valence-electron chi connectivity index (χ2n) is 6.54. The van der Waals surface area contributed by atoms with Crippen molar-refractivity contribution in [1.82, 2.24) is 19.5 Å². The average molecular weight is 319 g/mol. The van der Waals surface area contributed by atoms with Crippen molar-refractivity contribution in [3.8, 4) is 0 Å². The lowest BCUT2D eigenvalue weighted by Gasteiger charge is -2.39. The number of fused-ring (bicyclic) bond motifs is 1. The molecular formula is C15H21N5O3. The van der Waals surface area contributed by atoms with Crippen molar-refractivity contribution < 1.29 is 14.9 Å². The van der Waals surface area contributed by atoms with E-state index in [0.717, 1.165) is 25.7 Å². The first-order valence-corrected chi connectivity index (χ1v) is 8.03. The third-order valence-corrected chi connectivity index (χ3v) is 5.28. The van der Waals surface area contributed by atoms with Crippen LogP contribution < -0.4 is 5.73 Å². The third-order valence-electron chi connectivity index (χ3n) is 5.28. The fourth-order valence-corrected chi connectivity index (χ4v) is 4.12. The van der Waals surface area contributed by atoms with Crippen LogP contribution in [0.25, 0.3) is 11.2 Å². The number of hydrogen-bond acceptors (Lipinski definition) is 7. The Morgan fingerprint density at radius 2 is 2.00 bits per heavy atom. The summed E-state index contributed by atoms with van der Waals surface area (Å²) in [5.74, 6) is 0.377. The number of hydrogen-bond donors (Lipinski definition) is 3. The standard InChI is InChI=1S/C15H21N5O3/c1-8-11(21)12(22)15(23-8,9-4-2-3-5-9)20-7-19-10-13(16)17-6-18-14(10)20/h6-9,11-12,21-22H,2-5H2,1H3,(H2,16,17,18)/t8-,11-,12-,15-/m1/s1. The Bertz CT molecular complexity index is 725. The minimum atomic E-state index is -1.06. The summed E-state index contributed by atoms with van der Waals surface area (Å²) in [6.07, 6.45) is 4.51. The summed E-state index contributed by atoms with van der Waals surface area (Å²) in [6, 6.07) is 0. The normalized spacial score (nSPS) is 35.3. The SMILES string of the molecule is C[C@H]1O[C@@](C2CCCC2)(n2cnc3c(N)ncnc32)[C@H](O)[C@@H]1O. The van der Waals surface area contributed by atoms with Gasteiger partial charge >= 0.3 is 0 Å².